The first-order chi connectivity index (χ1) is 7.81. The summed E-state index contributed by atoms with van der Waals surface area (Å²) in [6.45, 7) is 4.11. The van der Waals surface area contributed by atoms with Crippen LogP contribution in [0, 0.1) is 17.0 Å². The Balaban J connectivity index is 2.37. The fourth-order valence-corrected chi connectivity index (χ4v) is 3.76. The summed E-state index contributed by atoms with van der Waals surface area (Å²) in [7, 11) is 0. The molecule has 1 heterocycles. The molecule has 0 bridgehead atoms. The van der Waals surface area contributed by atoms with E-state index in [9.17, 15) is 13.9 Å². The minimum atomic E-state index is -1.13. The molecule has 1 aromatic rings. The van der Waals surface area contributed by atoms with Crippen molar-refractivity contribution in [3.8, 4) is 0 Å². The van der Waals surface area contributed by atoms with Crippen molar-refractivity contribution >= 4 is 11.8 Å². The van der Waals surface area contributed by atoms with E-state index in [0.717, 1.165) is 11.8 Å². The van der Waals surface area contributed by atoms with Crippen molar-refractivity contribution in [2.75, 3.05) is 11.5 Å². The predicted octanol–water partition coefficient (Wildman–Crippen LogP) is 3.32. The minimum Gasteiger partial charge on any atom is -0.384 e. The van der Waals surface area contributed by atoms with E-state index in [1.807, 2.05) is 0 Å². The van der Waals surface area contributed by atoms with Crippen LogP contribution in [-0.2, 0) is 5.60 Å². The van der Waals surface area contributed by atoms with Gasteiger partial charge in [-0.3, -0.25) is 0 Å². The van der Waals surface area contributed by atoms with Crippen LogP contribution in [0.5, 0.6) is 0 Å². The number of rotatable bonds is 1. The maximum Gasteiger partial charge on any atom is 0.126 e. The van der Waals surface area contributed by atoms with Crippen LogP contribution in [0.3, 0.4) is 0 Å². The zero-order valence-corrected chi connectivity index (χ0v) is 10.8. The zero-order valence-electron chi connectivity index (χ0n) is 9.96. The van der Waals surface area contributed by atoms with Crippen LogP contribution in [0.4, 0.5) is 8.78 Å². The third kappa shape index (κ3) is 2.80. The number of aliphatic hydroxyl groups is 1. The Kier molecular flexibility index (Phi) is 3.21. The van der Waals surface area contributed by atoms with Gasteiger partial charge in [0, 0.05) is 11.8 Å². The quantitative estimate of drug-likeness (QED) is 0.834. The molecule has 0 radical (unpaired) electrons. The molecule has 1 aromatic carbocycles. The zero-order chi connectivity index (χ0) is 12.7. The number of halogens is 2. The van der Waals surface area contributed by atoms with Crippen LogP contribution >= 0.6 is 11.8 Å². The van der Waals surface area contributed by atoms with Crippen LogP contribution in [0.15, 0.2) is 18.2 Å². The van der Waals surface area contributed by atoms with Crippen molar-refractivity contribution in [3.05, 3.63) is 35.4 Å². The van der Waals surface area contributed by atoms with Crippen molar-refractivity contribution in [2.45, 2.75) is 25.9 Å². The average molecular weight is 258 g/mol. The Bertz CT molecular complexity index is 413. The van der Waals surface area contributed by atoms with E-state index in [1.54, 1.807) is 11.8 Å². The van der Waals surface area contributed by atoms with Gasteiger partial charge >= 0.3 is 0 Å². The summed E-state index contributed by atoms with van der Waals surface area (Å²) >= 11 is 1.62. The molecule has 1 aliphatic rings. The maximum absolute atomic E-state index is 13.2. The lowest BCUT2D eigenvalue weighted by molar-refractivity contribution is 0.0151. The van der Waals surface area contributed by atoms with Crippen molar-refractivity contribution in [1.82, 2.24) is 0 Å². The van der Waals surface area contributed by atoms with E-state index < -0.39 is 17.2 Å². The average Bonchev–Trinajstić information content (AvgIpc) is 2.13. The molecule has 1 nitrogen and oxygen atoms in total. The second-order valence-corrected chi connectivity index (χ2v) is 6.51. The second-order valence-electron chi connectivity index (χ2n) is 5.52. The van der Waals surface area contributed by atoms with Crippen molar-refractivity contribution in [2.24, 2.45) is 5.41 Å². The molecule has 0 spiro atoms. The maximum atomic E-state index is 13.2. The molecular weight excluding hydrogens is 242 g/mol. The Morgan fingerprint density at radius 3 is 2.24 bits per heavy atom. The second kappa shape index (κ2) is 4.25. The summed E-state index contributed by atoms with van der Waals surface area (Å²) in [5.41, 5.74) is -0.814. The fraction of sp³-hybridized carbons (Fsp3) is 0.538. The molecule has 0 amide bonds. The molecule has 1 aliphatic heterocycles. The minimum absolute atomic E-state index is 0.0273. The summed E-state index contributed by atoms with van der Waals surface area (Å²) in [6.07, 6.45) is 0.524. The largest absolute Gasteiger partial charge is 0.384 e. The fourth-order valence-electron chi connectivity index (χ4n) is 2.40. The van der Waals surface area contributed by atoms with Gasteiger partial charge in [-0.05, 0) is 35.3 Å². The number of hydrogen-bond donors (Lipinski definition) is 1. The molecule has 2 rings (SSSR count). The standard InChI is InChI=1S/C13H16F2OS/c1-12(2)6-13(16,8-17-7-12)9-3-10(14)5-11(15)4-9/h3-5,16H,6-8H2,1-2H3. The van der Waals surface area contributed by atoms with Gasteiger partial charge < -0.3 is 5.11 Å². The molecular formula is C13H16F2OS. The Morgan fingerprint density at radius 1 is 1.12 bits per heavy atom. The van der Waals surface area contributed by atoms with Crippen LogP contribution in [0.2, 0.25) is 0 Å². The van der Waals surface area contributed by atoms with E-state index in [-0.39, 0.29) is 5.41 Å². The summed E-state index contributed by atoms with van der Waals surface area (Å²) in [5.74, 6) is 0.162. The molecule has 1 fully saturated rings. The Labute approximate surface area is 104 Å². The van der Waals surface area contributed by atoms with Gasteiger partial charge in [0.05, 0.1) is 5.60 Å². The number of benzene rings is 1. The molecule has 0 aliphatic carbocycles. The molecule has 1 saturated heterocycles. The Morgan fingerprint density at radius 2 is 1.71 bits per heavy atom. The van der Waals surface area contributed by atoms with E-state index in [2.05, 4.69) is 13.8 Å². The molecule has 1 atom stereocenters. The molecule has 17 heavy (non-hydrogen) atoms. The van der Waals surface area contributed by atoms with Gasteiger partial charge in [0.25, 0.3) is 0 Å². The van der Waals surface area contributed by atoms with Gasteiger partial charge in [-0.25, -0.2) is 8.78 Å². The first-order valence-corrected chi connectivity index (χ1v) is 6.73. The summed E-state index contributed by atoms with van der Waals surface area (Å²) in [4.78, 5) is 0. The first-order valence-electron chi connectivity index (χ1n) is 5.58. The summed E-state index contributed by atoms with van der Waals surface area (Å²) in [5, 5.41) is 10.6. The summed E-state index contributed by atoms with van der Waals surface area (Å²) < 4.78 is 26.4. The first kappa shape index (κ1) is 12.8. The van der Waals surface area contributed by atoms with Crippen LogP contribution < -0.4 is 0 Å². The van der Waals surface area contributed by atoms with Gasteiger partial charge in [0.2, 0.25) is 0 Å². The number of thioether (sulfide) groups is 1. The van der Waals surface area contributed by atoms with Gasteiger partial charge in [-0.1, -0.05) is 13.8 Å². The van der Waals surface area contributed by atoms with Crippen LogP contribution in [0.25, 0.3) is 0 Å². The highest BCUT2D eigenvalue weighted by Gasteiger charge is 2.40. The van der Waals surface area contributed by atoms with Gasteiger partial charge in [0.15, 0.2) is 0 Å². The molecule has 1 N–H and O–H groups in total. The van der Waals surface area contributed by atoms with E-state index in [1.165, 1.54) is 12.1 Å². The third-order valence-electron chi connectivity index (χ3n) is 3.00. The molecule has 1 unspecified atom stereocenters. The molecule has 0 saturated carbocycles. The van der Waals surface area contributed by atoms with Gasteiger partial charge in [-0.2, -0.15) is 11.8 Å². The number of hydrogen-bond acceptors (Lipinski definition) is 2. The normalized spacial score (nSPS) is 28.1. The van der Waals surface area contributed by atoms with Crippen molar-refractivity contribution in [1.29, 1.82) is 0 Å². The smallest absolute Gasteiger partial charge is 0.126 e. The lowest BCUT2D eigenvalue weighted by atomic mass is 9.78. The SMILES string of the molecule is CC1(C)CSCC(O)(c2cc(F)cc(F)c2)C1. The highest BCUT2D eigenvalue weighted by atomic mass is 32.2. The molecule has 4 heteroatoms. The lowest BCUT2D eigenvalue weighted by Gasteiger charge is -2.41. The third-order valence-corrected chi connectivity index (χ3v) is 4.67. The van der Waals surface area contributed by atoms with Crippen LogP contribution in [-0.4, -0.2) is 16.6 Å². The topological polar surface area (TPSA) is 20.2 Å². The highest BCUT2D eigenvalue weighted by molar-refractivity contribution is 7.99. The molecule has 0 aromatic heterocycles. The monoisotopic (exact) mass is 258 g/mol. The van der Waals surface area contributed by atoms with Gasteiger partial charge in [-0.15, -0.1) is 0 Å². The van der Waals surface area contributed by atoms with E-state index >= 15 is 0 Å². The highest BCUT2D eigenvalue weighted by Crippen LogP contribution is 2.44. The Hall–Kier alpha value is -0.610. The predicted molar refractivity (Wildman–Crippen MR) is 66.0 cm³/mol. The van der Waals surface area contributed by atoms with Crippen molar-refractivity contribution in [3.63, 3.8) is 0 Å². The van der Waals surface area contributed by atoms with Gasteiger partial charge in [0.1, 0.15) is 11.6 Å². The lowest BCUT2D eigenvalue weighted by Crippen LogP contribution is -2.40. The van der Waals surface area contributed by atoms with Crippen molar-refractivity contribution < 1.29 is 13.9 Å². The molecule has 94 valence electrons. The van der Waals surface area contributed by atoms with E-state index in [4.69, 9.17) is 0 Å². The van der Waals surface area contributed by atoms with Crippen LogP contribution in [0.1, 0.15) is 25.8 Å². The summed E-state index contributed by atoms with van der Waals surface area (Å²) in [6, 6.07) is 3.28. The van der Waals surface area contributed by atoms with E-state index in [0.29, 0.717) is 17.7 Å².